The normalized spacial score (nSPS) is 19.8. The lowest BCUT2D eigenvalue weighted by atomic mass is 9.68. The van der Waals surface area contributed by atoms with Crippen molar-refractivity contribution in [2.75, 3.05) is 21.3 Å². The molecule has 0 fully saturated rings. The molecule has 0 amide bonds. The van der Waals surface area contributed by atoms with Crippen LogP contribution < -0.4 is 9.47 Å². The number of fused-ring (bicyclic) bond motifs is 1. The molecule has 1 N–H and O–H groups in total. The fourth-order valence-corrected chi connectivity index (χ4v) is 4.32. The first kappa shape index (κ1) is 25.2. The minimum Gasteiger partial charge on any atom is -0.496 e. The van der Waals surface area contributed by atoms with E-state index in [1.165, 1.54) is 7.11 Å². The quantitative estimate of drug-likeness (QED) is 0.420. The summed E-state index contributed by atoms with van der Waals surface area (Å²) in [6.07, 6.45) is 6.72. The van der Waals surface area contributed by atoms with E-state index < -0.39 is 17.4 Å². The number of Topliss-reactive ketones (excluding diaryl/α,β-unsaturated/α-hetero) is 1. The third kappa shape index (κ3) is 4.26. The number of unbranched alkanes of at least 4 members (excludes halogenated alkanes) is 2. The van der Waals surface area contributed by atoms with Crippen molar-refractivity contribution in [2.45, 2.75) is 45.1 Å². The summed E-state index contributed by atoms with van der Waals surface area (Å²) in [5.74, 6) is 0.151. The van der Waals surface area contributed by atoms with E-state index in [4.69, 9.17) is 14.2 Å². The number of aliphatic hydroxyl groups is 1. The molecule has 1 aliphatic rings. The molecular formula is C28H32O6. The van der Waals surface area contributed by atoms with Crippen molar-refractivity contribution < 1.29 is 28.9 Å². The maximum atomic E-state index is 14.1. The second-order valence-corrected chi connectivity index (χ2v) is 8.14. The Morgan fingerprint density at radius 2 is 1.44 bits per heavy atom. The summed E-state index contributed by atoms with van der Waals surface area (Å²) in [4.78, 5) is 26.0. The Hall–Kier alpha value is -3.38. The predicted octanol–water partition coefficient (Wildman–Crippen LogP) is 5.33. The lowest BCUT2D eigenvalue weighted by Gasteiger charge is -2.38. The fraction of sp³-hybridized carbons (Fsp3) is 0.357. The van der Waals surface area contributed by atoms with Crippen LogP contribution in [0.3, 0.4) is 0 Å². The van der Waals surface area contributed by atoms with Gasteiger partial charge in [-0.1, -0.05) is 51.0 Å². The van der Waals surface area contributed by atoms with E-state index in [0.29, 0.717) is 57.7 Å². The summed E-state index contributed by atoms with van der Waals surface area (Å²) in [5.41, 5.74) is 0.834. The van der Waals surface area contributed by atoms with Crippen LogP contribution >= 0.6 is 0 Å². The van der Waals surface area contributed by atoms with Gasteiger partial charge >= 0.3 is 5.97 Å². The summed E-state index contributed by atoms with van der Waals surface area (Å²) in [7, 11) is 4.43. The topological polar surface area (TPSA) is 82.1 Å². The SMILES string of the molecule is CCC/C=C1\C(=O)C(O)(c2ccc(C(=O)OC)cc2)/C(=C/CCC)c2c(OC)ccc(OC)c21. The van der Waals surface area contributed by atoms with Crippen LogP contribution in [0.15, 0.2) is 48.6 Å². The monoisotopic (exact) mass is 464 g/mol. The number of ether oxygens (including phenoxy) is 3. The van der Waals surface area contributed by atoms with Gasteiger partial charge in [0.25, 0.3) is 0 Å². The van der Waals surface area contributed by atoms with E-state index in [1.54, 1.807) is 50.6 Å². The highest BCUT2D eigenvalue weighted by Crippen LogP contribution is 2.53. The second-order valence-electron chi connectivity index (χ2n) is 8.14. The minimum atomic E-state index is -1.96. The molecule has 1 atom stereocenters. The molecule has 0 aromatic heterocycles. The molecule has 6 heteroatoms. The van der Waals surface area contributed by atoms with Crippen LogP contribution in [0.4, 0.5) is 0 Å². The van der Waals surface area contributed by atoms with Crippen LogP contribution in [0.5, 0.6) is 11.5 Å². The number of carbonyl (C=O) groups is 2. The Kier molecular flexibility index (Phi) is 7.94. The smallest absolute Gasteiger partial charge is 0.337 e. The van der Waals surface area contributed by atoms with Crippen molar-refractivity contribution in [2.24, 2.45) is 0 Å². The lowest BCUT2D eigenvalue weighted by Crippen LogP contribution is -2.41. The van der Waals surface area contributed by atoms with Gasteiger partial charge in [0, 0.05) is 22.3 Å². The Balaban J connectivity index is 2.39. The fourth-order valence-electron chi connectivity index (χ4n) is 4.32. The average Bonchev–Trinajstić information content (AvgIpc) is 2.87. The van der Waals surface area contributed by atoms with Gasteiger partial charge < -0.3 is 19.3 Å². The van der Waals surface area contributed by atoms with E-state index in [9.17, 15) is 14.7 Å². The Morgan fingerprint density at radius 1 is 0.882 bits per heavy atom. The minimum absolute atomic E-state index is 0.332. The second kappa shape index (κ2) is 10.7. The van der Waals surface area contributed by atoms with Crippen LogP contribution in [0.25, 0.3) is 11.1 Å². The Labute approximate surface area is 200 Å². The first-order chi connectivity index (χ1) is 16.4. The van der Waals surface area contributed by atoms with E-state index >= 15 is 0 Å². The van der Waals surface area contributed by atoms with E-state index in [1.807, 2.05) is 26.0 Å². The van der Waals surface area contributed by atoms with Crippen LogP contribution in [0, 0.1) is 0 Å². The van der Waals surface area contributed by atoms with Gasteiger partial charge in [-0.15, -0.1) is 0 Å². The van der Waals surface area contributed by atoms with Crippen molar-refractivity contribution in [1.82, 2.24) is 0 Å². The third-order valence-corrected chi connectivity index (χ3v) is 6.07. The van der Waals surface area contributed by atoms with Gasteiger partial charge in [-0.2, -0.15) is 0 Å². The van der Waals surface area contributed by atoms with Gasteiger partial charge in [0.2, 0.25) is 5.78 Å². The number of carbonyl (C=O) groups excluding carboxylic acids is 2. The highest BCUT2D eigenvalue weighted by atomic mass is 16.5. The first-order valence-electron chi connectivity index (χ1n) is 11.5. The van der Waals surface area contributed by atoms with Gasteiger partial charge in [-0.3, -0.25) is 4.79 Å². The zero-order chi connectivity index (χ0) is 24.9. The summed E-state index contributed by atoms with van der Waals surface area (Å²) in [6.45, 7) is 4.06. The molecule has 180 valence electrons. The van der Waals surface area contributed by atoms with Crippen molar-refractivity contribution in [3.05, 3.63) is 70.8 Å². The molecule has 2 aromatic rings. The number of benzene rings is 2. The summed E-state index contributed by atoms with van der Waals surface area (Å²) in [6, 6.07) is 9.86. The van der Waals surface area contributed by atoms with Gasteiger partial charge in [-0.05, 0) is 42.7 Å². The Morgan fingerprint density at radius 3 is 1.97 bits per heavy atom. The van der Waals surface area contributed by atoms with Crippen LogP contribution in [0.1, 0.15) is 66.6 Å². The number of allylic oxidation sites excluding steroid dienone is 2. The van der Waals surface area contributed by atoms with E-state index in [0.717, 1.165) is 12.8 Å². The standard InChI is InChI=1S/C28H32O6/c1-6-8-10-20-24-22(32-3)16-17-23(33-4)25(24)21(11-9-7-2)28(31,26(20)29)19-14-12-18(13-15-19)27(30)34-5/h10-17,31H,6-9H2,1-5H3/b20-10-,21-11+. The van der Waals surface area contributed by atoms with E-state index in [2.05, 4.69) is 0 Å². The molecule has 0 spiro atoms. The van der Waals surface area contributed by atoms with Crippen molar-refractivity contribution >= 4 is 22.9 Å². The maximum absolute atomic E-state index is 14.1. The highest BCUT2D eigenvalue weighted by Gasteiger charge is 2.50. The molecular weight excluding hydrogens is 432 g/mol. The molecule has 1 unspecified atom stereocenters. The van der Waals surface area contributed by atoms with Gasteiger partial charge in [0.15, 0.2) is 5.60 Å². The molecule has 1 aliphatic carbocycles. The van der Waals surface area contributed by atoms with Crippen molar-refractivity contribution in [3.8, 4) is 11.5 Å². The number of ketones is 1. The Bertz CT molecular complexity index is 1130. The molecule has 3 rings (SSSR count). The van der Waals surface area contributed by atoms with Crippen molar-refractivity contribution in [3.63, 3.8) is 0 Å². The summed E-state index contributed by atoms with van der Waals surface area (Å²) in [5, 5.41) is 12.2. The average molecular weight is 465 g/mol. The zero-order valence-corrected chi connectivity index (χ0v) is 20.4. The number of hydrogen-bond donors (Lipinski definition) is 1. The largest absolute Gasteiger partial charge is 0.496 e. The van der Waals surface area contributed by atoms with E-state index in [-0.39, 0.29) is 0 Å². The molecule has 0 radical (unpaired) electrons. The molecule has 0 bridgehead atoms. The van der Waals surface area contributed by atoms with Crippen LogP contribution in [-0.4, -0.2) is 38.2 Å². The molecule has 0 heterocycles. The third-order valence-electron chi connectivity index (χ3n) is 6.07. The number of methoxy groups -OCH3 is 3. The molecule has 0 saturated heterocycles. The summed E-state index contributed by atoms with van der Waals surface area (Å²) < 4.78 is 16.1. The van der Waals surface area contributed by atoms with Crippen LogP contribution in [-0.2, 0) is 15.1 Å². The maximum Gasteiger partial charge on any atom is 0.337 e. The zero-order valence-electron chi connectivity index (χ0n) is 20.4. The predicted molar refractivity (Wildman–Crippen MR) is 132 cm³/mol. The molecule has 2 aromatic carbocycles. The summed E-state index contributed by atoms with van der Waals surface area (Å²) >= 11 is 0. The van der Waals surface area contributed by atoms with Gasteiger partial charge in [0.1, 0.15) is 11.5 Å². The first-order valence-corrected chi connectivity index (χ1v) is 11.5. The number of rotatable bonds is 8. The molecule has 34 heavy (non-hydrogen) atoms. The van der Waals surface area contributed by atoms with Gasteiger partial charge in [0.05, 0.1) is 26.9 Å². The highest BCUT2D eigenvalue weighted by molar-refractivity contribution is 6.33. The molecule has 6 nitrogen and oxygen atoms in total. The van der Waals surface area contributed by atoms with Gasteiger partial charge in [-0.25, -0.2) is 4.79 Å². The van der Waals surface area contributed by atoms with Crippen LogP contribution in [0.2, 0.25) is 0 Å². The molecule has 0 saturated carbocycles. The van der Waals surface area contributed by atoms with Crippen molar-refractivity contribution in [1.29, 1.82) is 0 Å². The molecule has 0 aliphatic heterocycles. The number of hydrogen-bond acceptors (Lipinski definition) is 6. The lowest BCUT2D eigenvalue weighted by molar-refractivity contribution is -0.126. The number of esters is 1.